The highest BCUT2D eigenvalue weighted by Gasteiger charge is 2.01. The van der Waals surface area contributed by atoms with Crippen LogP contribution in [-0.2, 0) is 19.1 Å². The van der Waals surface area contributed by atoms with E-state index in [9.17, 15) is 9.59 Å². The van der Waals surface area contributed by atoms with Crippen molar-refractivity contribution < 1.29 is 19.1 Å². The zero-order valence-electron chi connectivity index (χ0n) is 10.6. The lowest BCUT2D eigenvalue weighted by Gasteiger charge is -2.05. The van der Waals surface area contributed by atoms with Crippen molar-refractivity contribution in [3.63, 3.8) is 0 Å². The van der Waals surface area contributed by atoms with Gasteiger partial charge in [-0.25, -0.2) is 0 Å². The number of nitrogens with one attached hydrogen (secondary N) is 1. The van der Waals surface area contributed by atoms with Crippen molar-refractivity contribution >= 4 is 11.7 Å². The molecule has 0 spiro atoms. The van der Waals surface area contributed by atoms with Gasteiger partial charge >= 0.3 is 0 Å². The number of amides is 1. The molecule has 5 nitrogen and oxygen atoms in total. The molecule has 0 saturated carbocycles. The molecule has 1 N–H and O–H groups in total. The van der Waals surface area contributed by atoms with E-state index >= 15 is 0 Å². The van der Waals surface area contributed by atoms with Crippen LogP contribution in [0.5, 0.6) is 0 Å². The largest absolute Gasteiger partial charge is 0.379 e. The summed E-state index contributed by atoms with van der Waals surface area (Å²) in [6, 6.07) is 0. The Balaban J connectivity index is 3.22. The molecule has 0 aromatic carbocycles. The number of Topliss-reactive ketones (excluding diaryl/α,β-unsaturated/α-hetero) is 1. The van der Waals surface area contributed by atoms with E-state index in [1.165, 1.54) is 0 Å². The Labute approximate surface area is 102 Å². The van der Waals surface area contributed by atoms with Crippen molar-refractivity contribution in [1.29, 1.82) is 0 Å². The fourth-order valence-corrected chi connectivity index (χ4v) is 1.01. The Kier molecular flexibility index (Phi) is 9.28. The highest BCUT2D eigenvalue weighted by Crippen LogP contribution is 1.99. The third kappa shape index (κ3) is 9.71. The van der Waals surface area contributed by atoms with Crippen LogP contribution in [0, 0.1) is 0 Å². The van der Waals surface area contributed by atoms with Crippen LogP contribution in [-0.4, -0.2) is 45.2 Å². The summed E-state index contributed by atoms with van der Waals surface area (Å²) >= 11 is 0. The number of likely N-dealkylation sites (N-methyl/N-ethyl adjacent to an activating group) is 1. The number of hydrogen-bond donors (Lipinski definition) is 1. The van der Waals surface area contributed by atoms with Gasteiger partial charge in [0.1, 0.15) is 6.61 Å². The van der Waals surface area contributed by atoms with Gasteiger partial charge in [0.25, 0.3) is 0 Å². The molecule has 0 saturated heterocycles. The summed E-state index contributed by atoms with van der Waals surface area (Å²) < 4.78 is 10.3. The molecule has 0 aromatic rings. The fourth-order valence-electron chi connectivity index (χ4n) is 1.01. The minimum atomic E-state index is -0.156. The number of allylic oxidation sites excluding steroid dienone is 1. The number of ketones is 1. The molecular formula is C12H21NO4. The first-order valence-electron chi connectivity index (χ1n) is 5.62. The van der Waals surface area contributed by atoms with Gasteiger partial charge in [0.2, 0.25) is 5.91 Å². The van der Waals surface area contributed by atoms with Crippen LogP contribution in [0.1, 0.15) is 19.8 Å². The molecule has 0 unspecified atom stereocenters. The van der Waals surface area contributed by atoms with Crippen LogP contribution in [0.25, 0.3) is 0 Å². The Hall–Kier alpha value is -1.20. The SMILES string of the molecule is C=C(C)C(=O)CCCOCCOCC(=O)NC. The summed E-state index contributed by atoms with van der Waals surface area (Å²) in [5.74, 6) is -0.0819. The second-order valence-electron chi connectivity index (χ2n) is 3.65. The Morgan fingerprint density at radius 3 is 2.41 bits per heavy atom. The van der Waals surface area contributed by atoms with E-state index in [2.05, 4.69) is 11.9 Å². The molecule has 0 aliphatic carbocycles. The van der Waals surface area contributed by atoms with E-state index < -0.39 is 0 Å². The molecule has 0 radical (unpaired) electrons. The second-order valence-corrected chi connectivity index (χ2v) is 3.65. The third-order valence-corrected chi connectivity index (χ3v) is 2.05. The molecule has 0 bridgehead atoms. The quantitative estimate of drug-likeness (QED) is 0.453. The number of carbonyl (C=O) groups excluding carboxylic acids is 2. The molecule has 98 valence electrons. The van der Waals surface area contributed by atoms with Gasteiger partial charge in [-0.1, -0.05) is 6.58 Å². The maximum atomic E-state index is 11.2. The lowest BCUT2D eigenvalue weighted by atomic mass is 10.1. The van der Waals surface area contributed by atoms with E-state index in [-0.39, 0.29) is 18.3 Å². The normalized spacial score (nSPS) is 10.0. The van der Waals surface area contributed by atoms with Crippen LogP contribution >= 0.6 is 0 Å². The standard InChI is InChI=1S/C12H21NO4/c1-10(2)11(14)5-4-6-16-7-8-17-9-12(15)13-3/h1,4-9H2,2-3H3,(H,13,15). The lowest BCUT2D eigenvalue weighted by molar-refractivity contribution is -0.125. The summed E-state index contributed by atoms with van der Waals surface area (Å²) in [5.41, 5.74) is 0.582. The first-order valence-corrected chi connectivity index (χ1v) is 5.62. The summed E-state index contributed by atoms with van der Waals surface area (Å²) in [6.45, 7) is 6.65. The Morgan fingerprint density at radius 1 is 1.18 bits per heavy atom. The van der Waals surface area contributed by atoms with E-state index in [0.29, 0.717) is 38.2 Å². The molecule has 0 aromatic heterocycles. The van der Waals surface area contributed by atoms with E-state index in [0.717, 1.165) is 0 Å². The van der Waals surface area contributed by atoms with Gasteiger partial charge in [0.15, 0.2) is 5.78 Å². The van der Waals surface area contributed by atoms with Crippen molar-refractivity contribution in [2.75, 3.05) is 33.5 Å². The zero-order valence-corrected chi connectivity index (χ0v) is 10.6. The second kappa shape index (κ2) is 9.99. The summed E-state index contributed by atoms with van der Waals surface area (Å²) in [6.07, 6.45) is 1.15. The minimum absolute atomic E-state index is 0.0496. The summed E-state index contributed by atoms with van der Waals surface area (Å²) in [7, 11) is 1.56. The lowest BCUT2D eigenvalue weighted by Crippen LogP contribution is -2.24. The first kappa shape index (κ1) is 15.8. The highest BCUT2D eigenvalue weighted by atomic mass is 16.5. The molecule has 17 heavy (non-hydrogen) atoms. The van der Waals surface area contributed by atoms with Gasteiger partial charge < -0.3 is 14.8 Å². The van der Waals surface area contributed by atoms with Crippen LogP contribution < -0.4 is 5.32 Å². The van der Waals surface area contributed by atoms with Crippen molar-refractivity contribution in [3.05, 3.63) is 12.2 Å². The molecule has 0 heterocycles. The molecule has 5 heteroatoms. The van der Waals surface area contributed by atoms with Crippen molar-refractivity contribution in [3.8, 4) is 0 Å². The molecule has 0 fully saturated rings. The van der Waals surface area contributed by atoms with Gasteiger partial charge in [-0.15, -0.1) is 0 Å². The molecule has 0 aliphatic rings. The monoisotopic (exact) mass is 243 g/mol. The Morgan fingerprint density at radius 2 is 1.82 bits per heavy atom. The fraction of sp³-hybridized carbons (Fsp3) is 0.667. The molecule has 0 rings (SSSR count). The Bertz CT molecular complexity index is 263. The van der Waals surface area contributed by atoms with Gasteiger partial charge in [-0.2, -0.15) is 0 Å². The van der Waals surface area contributed by atoms with Gasteiger partial charge in [-0.05, 0) is 18.9 Å². The van der Waals surface area contributed by atoms with E-state index in [1.807, 2.05) is 0 Å². The van der Waals surface area contributed by atoms with Gasteiger partial charge in [-0.3, -0.25) is 9.59 Å². The first-order chi connectivity index (χ1) is 8.07. The highest BCUT2D eigenvalue weighted by molar-refractivity contribution is 5.93. The number of carbonyl (C=O) groups is 2. The van der Waals surface area contributed by atoms with Crippen LogP contribution in [0.2, 0.25) is 0 Å². The summed E-state index contributed by atoms with van der Waals surface area (Å²) in [4.78, 5) is 21.9. The average Bonchev–Trinajstić information content (AvgIpc) is 2.31. The molecule has 1 amide bonds. The topological polar surface area (TPSA) is 64.6 Å². The average molecular weight is 243 g/mol. The molecule has 0 aliphatic heterocycles. The van der Waals surface area contributed by atoms with Gasteiger partial charge in [0, 0.05) is 20.1 Å². The van der Waals surface area contributed by atoms with Crippen LogP contribution in [0.3, 0.4) is 0 Å². The predicted octanol–water partition coefficient (Wildman–Crippen LogP) is 0.691. The van der Waals surface area contributed by atoms with Crippen LogP contribution in [0.4, 0.5) is 0 Å². The number of rotatable bonds is 10. The van der Waals surface area contributed by atoms with Crippen molar-refractivity contribution in [2.24, 2.45) is 0 Å². The minimum Gasteiger partial charge on any atom is -0.379 e. The smallest absolute Gasteiger partial charge is 0.245 e. The number of hydrogen-bond acceptors (Lipinski definition) is 4. The number of ether oxygens (including phenoxy) is 2. The summed E-state index contributed by atoms with van der Waals surface area (Å²) in [5, 5.41) is 2.45. The molecular weight excluding hydrogens is 222 g/mol. The molecule has 0 atom stereocenters. The van der Waals surface area contributed by atoms with Gasteiger partial charge in [0.05, 0.1) is 13.2 Å². The zero-order chi connectivity index (χ0) is 13.1. The van der Waals surface area contributed by atoms with Crippen molar-refractivity contribution in [2.45, 2.75) is 19.8 Å². The van der Waals surface area contributed by atoms with E-state index in [1.54, 1.807) is 14.0 Å². The van der Waals surface area contributed by atoms with E-state index in [4.69, 9.17) is 9.47 Å². The predicted molar refractivity (Wildman–Crippen MR) is 64.8 cm³/mol. The maximum absolute atomic E-state index is 11.2. The van der Waals surface area contributed by atoms with Crippen LogP contribution in [0.15, 0.2) is 12.2 Å². The maximum Gasteiger partial charge on any atom is 0.245 e. The van der Waals surface area contributed by atoms with Crippen molar-refractivity contribution in [1.82, 2.24) is 5.32 Å². The third-order valence-electron chi connectivity index (χ3n) is 2.05.